The molecule has 2 fully saturated rings. The van der Waals surface area contributed by atoms with E-state index >= 15 is 0 Å². The average molecular weight is 155 g/mol. The van der Waals surface area contributed by atoms with Gasteiger partial charge in [0, 0.05) is 6.04 Å². The van der Waals surface area contributed by atoms with Crippen LogP contribution < -0.4 is 5.48 Å². The van der Waals surface area contributed by atoms with E-state index < -0.39 is 0 Å². The third-order valence-electron chi connectivity index (χ3n) is 3.31. The monoisotopic (exact) mass is 155 g/mol. The van der Waals surface area contributed by atoms with Crippen LogP contribution in [0.15, 0.2) is 0 Å². The maximum Gasteiger partial charge on any atom is 0.0325 e. The zero-order chi connectivity index (χ0) is 7.68. The van der Waals surface area contributed by atoms with Crippen molar-refractivity contribution in [3.8, 4) is 0 Å². The van der Waals surface area contributed by atoms with Gasteiger partial charge in [0.05, 0.1) is 0 Å². The van der Waals surface area contributed by atoms with Crippen molar-refractivity contribution < 1.29 is 5.21 Å². The molecule has 2 aliphatic carbocycles. The van der Waals surface area contributed by atoms with Gasteiger partial charge in [-0.2, -0.15) is 0 Å². The Labute approximate surface area is 67.9 Å². The Balaban J connectivity index is 1.94. The summed E-state index contributed by atoms with van der Waals surface area (Å²) < 4.78 is 0. The lowest BCUT2D eigenvalue weighted by molar-refractivity contribution is 0.0579. The largest absolute Gasteiger partial charge is 0.317 e. The molecule has 2 saturated carbocycles. The summed E-state index contributed by atoms with van der Waals surface area (Å²) in [5, 5.41) is 8.80. The summed E-state index contributed by atoms with van der Waals surface area (Å²) >= 11 is 0. The van der Waals surface area contributed by atoms with Crippen molar-refractivity contribution in [2.75, 3.05) is 0 Å². The molecule has 2 atom stereocenters. The molecule has 11 heavy (non-hydrogen) atoms. The molecule has 0 aromatic rings. The van der Waals surface area contributed by atoms with E-state index in [1.165, 1.54) is 38.5 Å². The van der Waals surface area contributed by atoms with E-state index in [0.29, 0.717) is 6.04 Å². The summed E-state index contributed by atoms with van der Waals surface area (Å²) in [6, 6.07) is 0.402. The number of fused-ring (bicyclic) bond motifs is 2. The quantitative estimate of drug-likeness (QED) is 0.567. The Bertz CT molecular complexity index is 126. The fraction of sp³-hybridized carbons (Fsp3) is 1.00. The number of hydrogen-bond acceptors (Lipinski definition) is 2. The summed E-state index contributed by atoms with van der Waals surface area (Å²) in [6.45, 7) is 0. The number of nitrogens with one attached hydrogen (secondary N) is 1. The minimum absolute atomic E-state index is 0.402. The van der Waals surface area contributed by atoms with E-state index in [-0.39, 0.29) is 0 Å². The van der Waals surface area contributed by atoms with Gasteiger partial charge in [-0.25, -0.2) is 5.48 Å². The summed E-state index contributed by atoms with van der Waals surface area (Å²) in [5.41, 5.74) is 2.43. The van der Waals surface area contributed by atoms with Crippen LogP contribution in [-0.2, 0) is 0 Å². The first-order valence-electron chi connectivity index (χ1n) is 4.78. The SMILES string of the molecule is ONC1CC2CCCC(C2)C1. The molecular formula is C9H17NO. The number of hydrogen-bond donors (Lipinski definition) is 2. The zero-order valence-corrected chi connectivity index (χ0v) is 6.92. The molecule has 0 aromatic carbocycles. The maximum atomic E-state index is 8.80. The Morgan fingerprint density at radius 2 is 1.64 bits per heavy atom. The van der Waals surface area contributed by atoms with Crippen molar-refractivity contribution in [3.63, 3.8) is 0 Å². The van der Waals surface area contributed by atoms with E-state index in [0.717, 1.165) is 11.8 Å². The molecule has 0 spiro atoms. The normalized spacial score (nSPS) is 43.9. The fourth-order valence-corrected chi connectivity index (χ4v) is 2.84. The van der Waals surface area contributed by atoms with Gasteiger partial charge in [-0.15, -0.1) is 0 Å². The van der Waals surface area contributed by atoms with Crippen molar-refractivity contribution in [3.05, 3.63) is 0 Å². The molecule has 2 N–H and O–H groups in total. The van der Waals surface area contributed by atoms with Gasteiger partial charge < -0.3 is 5.21 Å². The van der Waals surface area contributed by atoms with Crippen LogP contribution in [0.5, 0.6) is 0 Å². The van der Waals surface area contributed by atoms with Gasteiger partial charge in [-0.1, -0.05) is 19.3 Å². The van der Waals surface area contributed by atoms with Crippen LogP contribution in [0, 0.1) is 11.8 Å². The van der Waals surface area contributed by atoms with Gasteiger partial charge in [0.25, 0.3) is 0 Å². The first-order chi connectivity index (χ1) is 5.38. The van der Waals surface area contributed by atoms with Crippen molar-refractivity contribution in [2.24, 2.45) is 11.8 Å². The smallest absolute Gasteiger partial charge is 0.0325 e. The topological polar surface area (TPSA) is 32.3 Å². The first kappa shape index (κ1) is 7.56. The fourth-order valence-electron chi connectivity index (χ4n) is 2.84. The van der Waals surface area contributed by atoms with Crippen LogP contribution in [-0.4, -0.2) is 11.2 Å². The van der Waals surface area contributed by atoms with Crippen LogP contribution in [0.25, 0.3) is 0 Å². The van der Waals surface area contributed by atoms with Crippen LogP contribution in [0.3, 0.4) is 0 Å². The van der Waals surface area contributed by atoms with Gasteiger partial charge in [0.15, 0.2) is 0 Å². The van der Waals surface area contributed by atoms with E-state index in [4.69, 9.17) is 5.21 Å². The molecule has 2 rings (SSSR count). The second kappa shape index (κ2) is 3.11. The van der Waals surface area contributed by atoms with Crippen molar-refractivity contribution in [2.45, 2.75) is 44.6 Å². The summed E-state index contributed by atoms with van der Waals surface area (Å²) in [5.74, 6) is 1.82. The van der Waals surface area contributed by atoms with E-state index in [2.05, 4.69) is 5.48 Å². The molecule has 64 valence electrons. The van der Waals surface area contributed by atoms with Crippen molar-refractivity contribution in [1.29, 1.82) is 0 Å². The summed E-state index contributed by atoms with van der Waals surface area (Å²) in [7, 11) is 0. The Hall–Kier alpha value is -0.0800. The highest BCUT2D eigenvalue weighted by Gasteiger charge is 2.31. The van der Waals surface area contributed by atoms with Crippen LogP contribution in [0.2, 0.25) is 0 Å². The second-order valence-electron chi connectivity index (χ2n) is 4.20. The van der Waals surface area contributed by atoms with E-state index in [1.54, 1.807) is 0 Å². The molecule has 0 radical (unpaired) electrons. The molecule has 2 unspecified atom stereocenters. The lowest BCUT2D eigenvalue weighted by atomic mass is 9.70. The van der Waals surface area contributed by atoms with Crippen LogP contribution in [0.1, 0.15) is 38.5 Å². The predicted octanol–water partition coefficient (Wildman–Crippen LogP) is 1.93. The molecule has 0 amide bonds. The third kappa shape index (κ3) is 1.57. The minimum atomic E-state index is 0.402. The summed E-state index contributed by atoms with van der Waals surface area (Å²) in [6.07, 6.45) is 8.05. The molecule has 2 heteroatoms. The maximum absolute atomic E-state index is 8.80. The molecule has 2 nitrogen and oxygen atoms in total. The van der Waals surface area contributed by atoms with E-state index in [9.17, 15) is 0 Å². The van der Waals surface area contributed by atoms with Gasteiger partial charge >= 0.3 is 0 Å². The minimum Gasteiger partial charge on any atom is -0.317 e. The molecule has 0 aromatic heterocycles. The molecule has 2 aliphatic rings. The highest BCUT2D eigenvalue weighted by Crippen LogP contribution is 2.39. The van der Waals surface area contributed by atoms with Gasteiger partial charge in [0.2, 0.25) is 0 Å². The molecule has 0 heterocycles. The number of hydroxylamine groups is 1. The summed E-state index contributed by atoms with van der Waals surface area (Å²) in [4.78, 5) is 0. The second-order valence-corrected chi connectivity index (χ2v) is 4.20. The number of rotatable bonds is 1. The standard InChI is InChI=1S/C9H17NO/c11-10-9-5-7-2-1-3-8(4-7)6-9/h7-11H,1-6H2. The first-order valence-corrected chi connectivity index (χ1v) is 4.78. The Kier molecular flexibility index (Phi) is 2.14. The lowest BCUT2D eigenvalue weighted by Crippen LogP contribution is -2.37. The van der Waals surface area contributed by atoms with Crippen molar-refractivity contribution >= 4 is 0 Å². The van der Waals surface area contributed by atoms with Crippen molar-refractivity contribution in [1.82, 2.24) is 5.48 Å². The lowest BCUT2D eigenvalue weighted by Gasteiger charge is -2.38. The molecular weight excluding hydrogens is 138 g/mol. The average Bonchev–Trinajstić information content (AvgIpc) is 2.03. The zero-order valence-electron chi connectivity index (χ0n) is 6.92. The third-order valence-corrected chi connectivity index (χ3v) is 3.31. The highest BCUT2D eigenvalue weighted by molar-refractivity contribution is 4.84. The molecule has 2 bridgehead atoms. The van der Waals surface area contributed by atoms with Gasteiger partial charge in [-0.05, 0) is 31.1 Å². The van der Waals surface area contributed by atoms with Gasteiger partial charge in [0.1, 0.15) is 0 Å². The molecule has 0 aliphatic heterocycles. The predicted molar refractivity (Wildman–Crippen MR) is 43.4 cm³/mol. The van der Waals surface area contributed by atoms with E-state index in [1.807, 2.05) is 0 Å². The Morgan fingerprint density at radius 3 is 2.18 bits per heavy atom. The highest BCUT2D eigenvalue weighted by atomic mass is 16.5. The Morgan fingerprint density at radius 1 is 1.00 bits per heavy atom. The van der Waals surface area contributed by atoms with Gasteiger partial charge in [-0.3, -0.25) is 0 Å². The van der Waals surface area contributed by atoms with Crippen LogP contribution in [0.4, 0.5) is 0 Å². The molecule has 0 saturated heterocycles. The van der Waals surface area contributed by atoms with Crippen LogP contribution >= 0.6 is 0 Å².